The number of hydrogen-bond acceptors (Lipinski definition) is 4. The van der Waals surface area contributed by atoms with Gasteiger partial charge in [0.15, 0.2) is 0 Å². The van der Waals surface area contributed by atoms with Crippen LogP contribution in [0.2, 0.25) is 0 Å². The molecule has 0 unspecified atom stereocenters. The lowest BCUT2D eigenvalue weighted by atomic mass is 10.3. The molecular formula is C11H13F3N4O. The standard InChI is InChI=1S/C11H13F3N4O/c1-6-5-7-8(15-3-4-19-2)17-10(11(12,13)14)18-9(7)16-6/h5H,3-4H2,1-2H3,(H2,15,16,17,18). The predicted octanol–water partition coefficient (Wildman–Crippen LogP) is 2.34. The van der Waals surface area contributed by atoms with Crippen LogP contribution >= 0.6 is 0 Å². The van der Waals surface area contributed by atoms with Crippen LogP contribution in [0.15, 0.2) is 6.07 Å². The SMILES string of the molecule is COCCNc1nc(C(F)(F)F)nc2[nH]c(C)cc12. The number of aryl methyl sites for hydroxylation is 1. The lowest BCUT2D eigenvalue weighted by molar-refractivity contribution is -0.144. The van der Waals surface area contributed by atoms with Crippen molar-refractivity contribution in [3.8, 4) is 0 Å². The summed E-state index contributed by atoms with van der Waals surface area (Å²) in [5.41, 5.74) is 0.887. The molecule has 0 radical (unpaired) electrons. The lowest BCUT2D eigenvalue weighted by Crippen LogP contribution is -2.15. The molecule has 8 heteroatoms. The second kappa shape index (κ2) is 5.04. The Morgan fingerprint density at radius 3 is 2.74 bits per heavy atom. The highest BCUT2D eigenvalue weighted by Gasteiger charge is 2.35. The van der Waals surface area contributed by atoms with E-state index in [1.807, 2.05) is 0 Å². The summed E-state index contributed by atoms with van der Waals surface area (Å²) >= 11 is 0. The van der Waals surface area contributed by atoms with Crippen molar-refractivity contribution in [3.05, 3.63) is 17.6 Å². The molecule has 0 aromatic carbocycles. The Morgan fingerprint density at radius 1 is 1.37 bits per heavy atom. The Morgan fingerprint density at radius 2 is 2.11 bits per heavy atom. The van der Waals surface area contributed by atoms with E-state index in [4.69, 9.17) is 4.74 Å². The zero-order valence-corrected chi connectivity index (χ0v) is 10.4. The number of nitrogens with zero attached hydrogens (tertiary/aromatic N) is 2. The van der Waals surface area contributed by atoms with Crippen LogP contribution in [0.25, 0.3) is 11.0 Å². The first kappa shape index (κ1) is 13.6. The first-order chi connectivity index (χ1) is 8.91. The van der Waals surface area contributed by atoms with Gasteiger partial charge in [-0.15, -0.1) is 0 Å². The van der Waals surface area contributed by atoms with Crippen molar-refractivity contribution in [1.82, 2.24) is 15.0 Å². The highest BCUT2D eigenvalue weighted by atomic mass is 19.4. The molecular weight excluding hydrogens is 261 g/mol. The number of alkyl halides is 3. The summed E-state index contributed by atoms with van der Waals surface area (Å²) in [5, 5.41) is 3.35. The van der Waals surface area contributed by atoms with E-state index in [1.165, 1.54) is 7.11 Å². The normalized spacial score (nSPS) is 12.1. The molecule has 2 N–H and O–H groups in total. The number of anilines is 1. The third-order valence-electron chi connectivity index (χ3n) is 2.47. The Hall–Kier alpha value is -1.83. The average Bonchev–Trinajstić information content (AvgIpc) is 2.68. The topological polar surface area (TPSA) is 62.8 Å². The molecule has 0 aliphatic carbocycles. The number of nitrogens with one attached hydrogen (secondary N) is 2. The number of aromatic nitrogens is 3. The van der Waals surface area contributed by atoms with E-state index in [0.717, 1.165) is 5.69 Å². The molecule has 104 valence electrons. The van der Waals surface area contributed by atoms with Crippen molar-refractivity contribution in [3.63, 3.8) is 0 Å². The zero-order chi connectivity index (χ0) is 14.0. The van der Waals surface area contributed by atoms with Gasteiger partial charge in [0.25, 0.3) is 0 Å². The minimum atomic E-state index is -4.58. The minimum absolute atomic E-state index is 0.152. The van der Waals surface area contributed by atoms with Crippen LogP contribution < -0.4 is 5.32 Å². The Bertz CT molecular complexity index is 579. The second-order valence-corrected chi connectivity index (χ2v) is 4.03. The highest BCUT2D eigenvalue weighted by Crippen LogP contribution is 2.30. The predicted molar refractivity (Wildman–Crippen MR) is 64.0 cm³/mol. The molecule has 2 aromatic heterocycles. The van der Waals surface area contributed by atoms with Gasteiger partial charge in [-0.2, -0.15) is 13.2 Å². The van der Waals surface area contributed by atoms with Crippen molar-refractivity contribution in [1.29, 1.82) is 0 Å². The molecule has 5 nitrogen and oxygen atoms in total. The van der Waals surface area contributed by atoms with E-state index in [0.29, 0.717) is 18.5 Å². The number of aromatic amines is 1. The summed E-state index contributed by atoms with van der Waals surface area (Å²) in [7, 11) is 1.51. The van der Waals surface area contributed by atoms with Gasteiger partial charge in [0.2, 0.25) is 5.82 Å². The van der Waals surface area contributed by atoms with E-state index in [9.17, 15) is 13.2 Å². The summed E-state index contributed by atoms with van der Waals surface area (Å²) in [6, 6.07) is 1.70. The monoisotopic (exact) mass is 274 g/mol. The van der Waals surface area contributed by atoms with Gasteiger partial charge >= 0.3 is 6.18 Å². The second-order valence-electron chi connectivity index (χ2n) is 4.03. The minimum Gasteiger partial charge on any atom is -0.383 e. The molecule has 0 fully saturated rings. The molecule has 0 amide bonds. The Balaban J connectivity index is 2.45. The maximum Gasteiger partial charge on any atom is 0.451 e. The fourth-order valence-corrected chi connectivity index (χ4v) is 1.67. The smallest absolute Gasteiger partial charge is 0.383 e. The van der Waals surface area contributed by atoms with Crippen molar-refractivity contribution in [2.45, 2.75) is 13.1 Å². The number of fused-ring (bicyclic) bond motifs is 1. The summed E-state index contributed by atoms with van der Waals surface area (Å²) in [6.07, 6.45) is -4.58. The van der Waals surface area contributed by atoms with Crippen LogP contribution in [-0.4, -0.2) is 35.2 Å². The molecule has 0 saturated heterocycles. The molecule has 19 heavy (non-hydrogen) atoms. The van der Waals surface area contributed by atoms with Gasteiger partial charge in [0.05, 0.1) is 12.0 Å². The average molecular weight is 274 g/mol. The van der Waals surface area contributed by atoms with Crippen LogP contribution in [0.5, 0.6) is 0 Å². The number of hydrogen-bond donors (Lipinski definition) is 2. The van der Waals surface area contributed by atoms with Crippen LogP contribution in [0.1, 0.15) is 11.5 Å². The molecule has 0 saturated carbocycles. The molecule has 0 aliphatic heterocycles. The molecule has 0 bridgehead atoms. The number of ether oxygens (including phenoxy) is 1. The number of rotatable bonds is 4. The van der Waals surface area contributed by atoms with Crippen LogP contribution in [0.3, 0.4) is 0 Å². The third kappa shape index (κ3) is 2.95. The number of halogens is 3. The fraction of sp³-hybridized carbons (Fsp3) is 0.455. The van der Waals surface area contributed by atoms with Gasteiger partial charge in [-0.05, 0) is 13.0 Å². The van der Waals surface area contributed by atoms with Crippen molar-refractivity contribution >= 4 is 16.9 Å². The van der Waals surface area contributed by atoms with E-state index >= 15 is 0 Å². The van der Waals surface area contributed by atoms with Crippen molar-refractivity contribution < 1.29 is 17.9 Å². The molecule has 2 aromatic rings. The summed E-state index contributed by atoms with van der Waals surface area (Å²) < 4.78 is 42.9. The van der Waals surface area contributed by atoms with Gasteiger partial charge in [-0.1, -0.05) is 0 Å². The van der Waals surface area contributed by atoms with Crippen LogP contribution in [0, 0.1) is 6.92 Å². The zero-order valence-electron chi connectivity index (χ0n) is 10.4. The molecule has 0 atom stereocenters. The largest absolute Gasteiger partial charge is 0.451 e. The van der Waals surface area contributed by atoms with Crippen molar-refractivity contribution in [2.75, 3.05) is 25.6 Å². The maximum atomic E-state index is 12.7. The number of methoxy groups -OCH3 is 1. The van der Waals surface area contributed by atoms with E-state index < -0.39 is 12.0 Å². The van der Waals surface area contributed by atoms with Gasteiger partial charge in [0.1, 0.15) is 11.5 Å². The first-order valence-corrected chi connectivity index (χ1v) is 5.59. The molecule has 2 heterocycles. The molecule has 2 rings (SSSR count). The van der Waals surface area contributed by atoms with E-state index in [1.54, 1.807) is 13.0 Å². The summed E-state index contributed by atoms with van der Waals surface area (Å²) in [4.78, 5) is 9.81. The van der Waals surface area contributed by atoms with Gasteiger partial charge < -0.3 is 15.0 Å². The first-order valence-electron chi connectivity index (χ1n) is 5.59. The third-order valence-corrected chi connectivity index (χ3v) is 2.47. The van der Waals surface area contributed by atoms with E-state index in [2.05, 4.69) is 20.3 Å². The molecule has 0 spiro atoms. The molecule has 0 aliphatic rings. The highest BCUT2D eigenvalue weighted by molar-refractivity contribution is 5.87. The summed E-state index contributed by atoms with van der Waals surface area (Å²) in [6.45, 7) is 2.48. The van der Waals surface area contributed by atoms with Gasteiger partial charge in [-0.25, -0.2) is 9.97 Å². The van der Waals surface area contributed by atoms with Crippen LogP contribution in [-0.2, 0) is 10.9 Å². The maximum absolute atomic E-state index is 12.7. The fourth-order valence-electron chi connectivity index (χ4n) is 1.67. The number of H-pyrrole nitrogens is 1. The van der Waals surface area contributed by atoms with Crippen LogP contribution in [0.4, 0.5) is 19.0 Å². The van der Waals surface area contributed by atoms with Gasteiger partial charge in [0, 0.05) is 19.3 Å². The lowest BCUT2D eigenvalue weighted by Gasteiger charge is -2.10. The summed E-state index contributed by atoms with van der Waals surface area (Å²) in [5.74, 6) is -1.01. The quantitative estimate of drug-likeness (QED) is 0.840. The van der Waals surface area contributed by atoms with E-state index in [-0.39, 0.29) is 11.5 Å². The Labute approximate surface area is 107 Å². The van der Waals surface area contributed by atoms with Gasteiger partial charge in [-0.3, -0.25) is 0 Å². The Kier molecular flexibility index (Phi) is 3.61. The van der Waals surface area contributed by atoms with Crippen molar-refractivity contribution in [2.24, 2.45) is 0 Å².